The molecular formula is C22H22ClNO3. The van der Waals surface area contributed by atoms with Gasteiger partial charge in [0, 0.05) is 16.1 Å². The van der Waals surface area contributed by atoms with E-state index in [1.165, 1.54) is 4.90 Å². The second kappa shape index (κ2) is 6.86. The Balaban J connectivity index is 2.23. The Morgan fingerprint density at radius 3 is 2.37 bits per heavy atom. The number of carbonyl (C=O) groups is 2. The quantitative estimate of drug-likeness (QED) is 0.796. The molecule has 1 aliphatic heterocycles. The maximum atomic E-state index is 13.1. The molecule has 0 saturated carbocycles. The fourth-order valence-corrected chi connectivity index (χ4v) is 3.47. The Bertz CT molecular complexity index is 956. The number of rotatable bonds is 3. The fourth-order valence-electron chi connectivity index (χ4n) is 3.29. The highest BCUT2D eigenvalue weighted by Gasteiger charge is 2.46. The Hall–Kier alpha value is -2.59. The molecule has 1 heterocycles. The van der Waals surface area contributed by atoms with Crippen LogP contribution in [0, 0.1) is 12.3 Å². The minimum absolute atomic E-state index is 0.123. The highest BCUT2D eigenvalue weighted by molar-refractivity contribution is 6.31. The van der Waals surface area contributed by atoms with Crippen LogP contribution >= 0.6 is 11.6 Å². The van der Waals surface area contributed by atoms with Crippen molar-refractivity contribution in [1.82, 2.24) is 0 Å². The van der Waals surface area contributed by atoms with Crippen molar-refractivity contribution in [3.63, 3.8) is 0 Å². The fraction of sp³-hybridized carbons (Fsp3) is 0.273. The van der Waals surface area contributed by atoms with Crippen molar-refractivity contribution < 1.29 is 14.7 Å². The number of nitrogens with zero attached hydrogens (tertiary/aromatic N) is 1. The number of aryl methyl sites for hydroxylation is 1. The number of aliphatic hydroxyl groups excluding tert-OH is 1. The number of ketones is 1. The molecule has 0 aliphatic carbocycles. The van der Waals surface area contributed by atoms with Gasteiger partial charge in [0.25, 0.3) is 5.91 Å². The Labute approximate surface area is 164 Å². The standard InChI is InChI=1S/C22H22ClNO3/c1-13-7-5-8-14(11-13)18-17(20(26)22(2,3)4)19(25)21(27)24(18)16-10-6-9-15(23)12-16/h5-12,18,25H,1-4H3. The molecule has 0 aromatic heterocycles. The van der Waals surface area contributed by atoms with Crippen LogP contribution in [0.4, 0.5) is 5.69 Å². The van der Waals surface area contributed by atoms with Crippen LogP contribution in [0.15, 0.2) is 59.9 Å². The number of hydrogen-bond acceptors (Lipinski definition) is 3. The molecular weight excluding hydrogens is 362 g/mol. The highest BCUT2D eigenvalue weighted by atomic mass is 35.5. The number of aliphatic hydroxyl groups is 1. The van der Waals surface area contributed by atoms with Crippen LogP contribution in [0.25, 0.3) is 0 Å². The first kappa shape index (κ1) is 19.2. The Morgan fingerprint density at radius 1 is 1.11 bits per heavy atom. The molecule has 5 heteroatoms. The number of hydrogen-bond donors (Lipinski definition) is 1. The molecule has 4 nitrogen and oxygen atoms in total. The average Bonchev–Trinajstić information content (AvgIpc) is 2.85. The smallest absolute Gasteiger partial charge is 0.294 e. The van der Waals surface area contributed by atoms with E-state index in [4.69, 9.17) is 11.6 Å². The number of Topliss-reactive ketones (excluding diaryl/α,β-unsaturated/α-hetero) is 1. The van der Waals surface area contributed by atoms with Crippen LogP contribution in [0.5, 0.6) is 0 Å². The van der Waals surface area contributed by atoms with Crippen molar-refractivity contribution in [2.45, 2.75) is 33.7 Å². The third-order valence-electron chi connectivity index (χ3n) is 4.58. The molecule has 0 radical (unpaired) electrons. The van der Waals surface area contributed by atoms with Crippen molar-refractivity contribution in [2.75, 3.05) is 4.90 Å². The van der Waals surface area contributed by atoms with Gasteiger partial charge >= 0.3 is 0 Å². The lowest BCUT2D eigenvalue weighted by Crippen LogP contribution is -2.32. The lowest BCUT2D eigenvalue weighted by molar-refractivity contribution is -0.123. The lowest BCUT2D eigenvalue weighted by atomic mass is 9.82. The van der Waals surface area contributed by atoms with Gasteiger partial charge in [-0.15, -0.1) is 0 Å². The van der Waals surface area contributed by atoms with E-state index in [2.05, 4.69) is 0 Å². The molecule has 140 valence electrons. The van der Waals surface area contributed by atoms with E-state index in [-0.39, 0.29) is 11.4 Å². The molecule has 27 heavy (non-hydrogen) atoms. The zero-order chi connectivity index (χ0) is 19.9. The third-order valence-corrected chi connectivity index (χ3v) is 4.81. The minimum atomic E-state index is -0.740. The maximum Gasteiger partial charge on any atom is 0.294 e. The molecule has 0 bridgehead atoms. The number of halogens is 1. The summed E-state index contributed by atoms with van der Waals surface area (Å²) in [5.41, 5.74) is 1.68. The minimum Gasteiger partial charge on any atom is -0.503 e. The SMILES string of the molecule is Cc1cccc(C2C(C(=O)C(C)(C)C)=C(O)C(=O)N2c2cccc(Cl)c2)c1. The van der Waals surface area contributed by atoms with Crippen LogP contribution in [-0.4, -0.2) is 16.8 Å². The second-order valence-corrected chi connectivity index (χ2v) is 8.25. The van der Waals surface area contributed by atoms with E-state index in [0.717, 1.165) is 11.1 Å². The van der Waals surface area contributed by atoms with Gasteiger partial charge in [0.1, 0.15) is 0 Å². The number of benzene rings is 2. The zero-order valence-corrected chi connectivity index (χ0v) is 16.5. The van der Waals surface area contributed by atoms with Gasteiger partial charge < -0.3 is 5.11 Å². The molecule has 3 rings (SSSR count). The number of amides is 1. The maximum absolute atomic E-state index is 13.1. The van der Waals surface area contributed by atoms with Gasteiger partial charge in [-0.25, -0.2) is 0 Å². The molecule has 0 saturated heterocycles. The zero-order valence-electron chi connectivity index (χ0n) is 15.8. The van der Waals surface area contributed by atoms with E-state index < -0.39 is 23.1 Å². The summed E-state index contributed by atoms with van der Waals surface area (Å²) in [4.78, 5) is 27.5. The normalized spacial score (nSPS) is 17.6. The van der Waals surface area contributed by atoms with E-state index >= 15 is 0 Å². The van der Waals surface area contributed by atoms with E-state index in [1.54, 1.807) is 45.0 Å². The van der Waals surface area contributed by atoms with Gasteiger partial charge in [-0.2, -0.15) is 0 Å². The average molecular weight is 384 g/mol. The molecule has 0 fully saturated rings. The van der Waals surface area contributed by atoms with Gasteiger partial charge in [-0.1, -0.05) is 68.3 Å². The van der Waals surface area contributed by atoms with Crippen LogP contribution in [-0.2, 0) is 9.59 Å². The molecule has 1 N–H and O–H groups in total. The third kappa shape index (κ3) is 3.50. The van der Waals surface area contributed by atoms with Crippen molar-refractivity contribution in [3.05, 3.63) is 76.0 Å². The Kier molecular flexibility index (Phi) is 4.87. The molecule has 2 aromatic rings. The van der Waals surface area contributed by atoms with E-state index in [0.29, 0.717) is 10.7 Å². The predicted octanol–water partition coefficient (Wildman–Crippen LogP) is 5.16. The first-order chi connectivity index (χ1) is 12.6. The largest absolute Gasteiger partial charge is 0.503 e. The van der Waals surface area contributed by atoms with Crippen molar-refractivity contribution in [1.29, 1.82) is 0 Å². The summed E-state index contributed by atoms with van der Waals surface area (Å²) < 4.78 is 0. The van der Waals surface area contributed by atoms with Crippen molar-refractivity contribution in [3.8, 4) is 0 Å². The summed E-state index contributed by atoms with van der Waals surface area (Å²) in [5, 5.41) is 11.1. The van der Waals surface area contributed by atoms with Gasteiger partial charge in [0.05, 0.1) is 11.6 Å². The molecule has 1 amide bonds. The van der Waals surface area contributed by atoms with Crippen LogP contribution < -0.4 is 4.90 Å². The first-order valence-corrected chi connectivity index (χ1v) is 9.12. The molecule has 2 aromatic carbocycles. The van der Waals surface area contributed by atoms with Gasteiger partial charge in [0.15, 0.2) is 11.5 Å². The van der Waals surface area contributed by atoms with Crippen molar-refractivity contribution >= 4 is 29.0 Å². The van der Waals surface area contributed by atoms with Crippen molar-refractivity contribution in [2.24, 2.45) is 5.41 Å². The summed E-state index contributed by atoms with van der Waals surface area (Å²) in [6, 6.07) is 13.7. The summed E-state index contributed by atoms with van der Waals surface area (Å²) in [6.45, 7) is 7.26. The Morgan fingerprint density at radius 2 is 1.78 bits per heavy atom. The number of carbonyl (C=O) groups excluding carboxylic acids is 2. The van der Waals surface area contributed by atoms with Crippen LogP contribution in [0.3, 0.4) is 0 Å². The molecule has 1 atom stereocenters. The summed E-state index contributed by atoms with van der Waals surface area (Å²) in [7, 11) is 0. The second-order valence-electron chi connectivity index (χ2n) is 7.81. The van der Waals surface area contributed by atoms with Crippen LogP contribution in [0.1, 0.15) is 37.9 Å². The topological polar surface area (TPSA) is 57.6 Å². The van der Waals surface area contributed by atoms with E-state index in [1.807, 2.05) is 31.2 Å². The summed E-state index contributed by atoms with van der Waals surface area (Å²) in [5.74, 6) is -1.36. The predicted molar refractivity (Wildman–Crippen MR) is 107 cm³/mol. The monoisotopic (exact) mass is 383 g/mol. The van der Waals surface area contributed by atoms with Gasteiger partial charge in [0.2, 0.25) is 0 Å². The lowest BCUT2D eigenvalue weighted by Gasteiger charge is -2.29. The number of anilines is 1. The summed E-state index contributed by atoms with van der Waals surface area (Å²) in [6.07, 6.45) is 0. The molecule has 0 spiro atoms. The van der Waals surface area contributed by atoms with Gasteiger partial charge in [-0.05, 0) is 30.7 Å². The van der Waals surface area contributed by atoms with Crippen LogP contribution in [0.2, 0.25) is 5.02 Å². The highest BCUT2D eigenvalue weighted by Crippen LogP contribution is 2.43. The molecule has 1 aliphatic rings. The summed E-state index contributed by atoms with van der Waals surface area (Å²) >= 11 is 6.12. The van der Waals surface area contributed by atoms with Gasteiger partial charge in [-0.3, -0.25) is 14.5 Å². The van der Waals surface area contributed by atoms with E-state index in [9.17, 15) is 14.7 Å². The first-order valence-electron chi connectivity index (χ1n) is 8.75. The molecule has 1 unspecified atom stereocenters.